The Kier molecular flexibility index (Phi) is 5.58. The summed E-state index contributed by atoms with van der Waals surface area (Å²) in [6, 6.07) is 0.0228. The van der Waals surface area contributed by atoms with Crippen LogP contribution in [0.25, 0.3) is 0 Å². The van der Waals surface area contributed by atoms with Crippen molar-refractivity contribution in [1.29, 1.82) is 0 Å². The molecule has 2 rings (SSSR count). The molecule has 1 aromatic heterocycles. The number of carboxylic acids is 1. The summed E-state index contributed by atoms with van der Waals surface area (Å²) in [7, 11) is 0. The normalized spacial score (nSPS) is 21.5. The van der Waals surface area contributed by atoms with Crippen molar-refractivity contribution >= 4 is 23.5 Å². The number of hydrogen-bond acceptors (Lipinski definition) is 4. The highest BCUT2D eigenvalue weighted by Gasteiger charge is 2.33. The van der Waals surface area contributed by atoms with Crippen LogP contribution in [-0.4, -0.2) is 32.4 Å². The molecule has 1 aromatic rings. The quantitative estimate of drug-likeness (QED) is 0.828. The van der Waals surface area contributed by atoms with E-state index in [1.54, 1.807) is 4.68 Å². The van der Waals surface area contributed by atoms with Crippen molar-refractivity contribution in [1.82, 2.24) is 9.78 Å². The molecule has 0 radical (unpaired) electrons. The van der Waals surface area contributed by atoms with Crippen LogP contribution in [-0.2, 0) is 16.0 Å². The number of halogens is 1. The second-order valence-electron chi connectivity index (χ2n) is 7.25. The van der Waals surface area contributed by atoms with Crippen LogP contribution in [0.3, 0.4) is 0 Å². The Morgan fingerprint density at radius 3 is 2.29 bits per heavy atom. The number of nitrogens with zero attached hydrogens (tertiary/aromatic N) is 2. The fraction of sp³-hybridized carbons (Fsp3) is 0.706. The first kappa shape index (κ1) is 18.8. The zero-order chi connectivity index (χ0) is 18.1. The molecule has 1 aliphatic rings. The molecular weight excluding hydrogens is 332 g/mol. The number of esters is 1. The first-order valence-electron chi connectivity index (χ1n) is 8.37. The second-order valence-corrected chi connectivity index (χ2v) is 7.61. The van der Waals surface area contributed by atoms with Gasteiger partial charge in [0.2, 0.25) is 0 Å². The van der Waals surface area contributed by atoms with Crippen LogP contribution in [0.2, 0.25) is 5.15 Å². The molecule has 24 heavy (non-hydrogen) atoms. The Labute approximate surface area is 147 Å². The molecule has 0 atom stereocenters. The van der Waals surface area contributed by atoms with Gasteiger partial charge in [0, 0.05) is 0 Å². The Bertz CT molecular complexity index is 625. The van der Waals surface area contributed by atoms with Crippen LogP contribution in [0.15, 0.2) is 0 Å². The molecule has 134 valence electrons. The van der Waals surface area contributed by atoms with E-state index in [2.05, 4.69) is 5.10 Å². The molecular formula is C17H25ClN2O4. The lowest BCUT2D eigenvalue weighted by atomic mass is 9.86. The summed E-state index contributed by atoms with van der Waals surface area (Å²) in [6.07, 6.45) is 3.36. The third-order valence-corrected chi connectivity index (χ3v) is 4.62. The number of carboxylic acid groups (broad SMARTS) is 1. The van der Waals surface area contributed by atoms with Gasteiger partial charge in [0.15, 0.2) is 0 Å². The average Bonchev–Trinajstić information content (AvgIpc) is 2.82. The van der Waals surface area contributed by atoms with Gasteiger partial charge in [-0.15, -0.1) is 0 Å². The maximum Gasteiger partial charge on any atom is 0.340 e. The minimum Gasteiger partial charge on any atom is -0.478 e. The van der Waals surface area contributed by atoms with E-state index < -0.39 is 11.6 Å². The van der Waals surface area contributed by atoms with Crippen LogP contribution in [0, 0.1) is 5.92 Å². The van der Waals surface area contributed by atoms with Crippen molar-refractivity contribution in [3.8, 4) is 0 Å². The molecule has 0 aliphatic heterocycles. The summed E-state index contributed by atoms with van der Waals surface area (Å²) in [4.78, 5) is 23.5. The van der Waals surface area contributed by atoms with E-state index in [1.807, 2.05) is 27.7 Å². The third-order valence-electron chi connectivity index (χ3n) is 4.26. The topological polar surface area (TPSA) is 81.4 Å². The molecule has 7 heteroatoms. The van der Waals surface area contributed by atoms with Gasteiger partial charge in [-0.25, -0.2) is 9.48 Å². The van der Waals surface area contributed by atoms with Crippen LogP contribution in [0.4, 0.5) is 0 Å². The molecule has 1 aliphatic carbocycles. The number of ether oxygens (including phenoxy) is 1. The van der Waals surface area contributed by atoms with Crippen molar-refractivity contribution in [3.05, 3.63) is 16.4 Å². The van der Waals surface area contributed by atoms with Crippen molar-refractivity contribution < 1.29 is 19.4 Å². The minimum atomic E-state index is -1.05. The molecule has 1 saturated carbocycles. The molecule has 0 unspecified atom stereocenters. The van der Waals surface area contributed by atoms with Gasteiger partial charge >= 0.3 is 11.9 Å². The first-order valence-corrected chi connectivity index (χ1v) is 8.74. The molecule has 0 saturated heterocycles. The summed E-state index contributed by atoms with van der Waals surface area (Å²) >= 11 is 6.25. The first-order chi connectivity index (χ1) is 11.1. The Morgan fingerprint density at radius 2 is 1.88 bits per heavy atom. The third kappa shape index (κ3) is 4.09. The van der Waals surface area contributed by atoms with E-state index in [4.69, 9.17) is 16.3 Å². The van der Waals surface area contributed by atoms with Crippen LogP contribution in [0.1, 0.15) is 75.5 Å². The van der Waals surface area contributed by atoms with Crippen LogP contribution in [0.5, 0.6) is 0 Å². The predicted octanol–water partition coefficient (Wildman–Crippen LogP) is 3.87. The molecule has 1 fully saturated rings. The van der Waals surface area contributed by atoms with Crippen molar-refractivity contribution in [3.63, 3.8) is 0 Å². The highest BCUT2D eigenvalue weighted by molar-refractivity contribution is 6.32. The summed E-state index contributed by atoms with van der Waals surface area (Å²) < 4.78 is 7.07. The molecule has 1 N–H and O–H groups in total. The largest absolute Gasteiger partial charge is 0.478 e. The molecule has 0 bridgehead atoms. The van der Waals surface area contributed by atoms with Gasteiger partial charge in [-0.2, -0.15) is 5.10 Å². The molecule has 0 aromatic carbocycles. The lowest BCUT2D eigenvalue weighted by Crippen LogP contribution is -2.31. The van der Waals surface area contributed by atoms with E-state index in [0.29, 0.717) is 25.0 Å². The Balaban J connectivity index is 2.08. The summed E-state index contributed by atoms with van der Waals surface area (Å²) in [5, 5.41) is 13.9. The lowest BCUT2D eigenvalue weighted by Gasteiger charge is -2.30. The van der Waals surface area contributed by atoms with Gasteiger partial charge < -0.3 is 9.84 Å². The Hall–Kier alpha value is -1.56. The SMILES string of the molecule is CCc1nn(C2CCC(C(=O)OC(C)(C)C)CC2)c(Cl)c1C(=O)O. The van der Waals surface area contributed by atoms with Gasteiger partial charge in [-0.3, -0.25) is 4.79 Å². The minimum absolute atomic E-state index is 0.0228. The lowest BCUT2D eigenvalue weighted by molar-refractivity contribution is -0.161. The van der Waals surface area contributed by atoms with Gasteiger partial charge in [-0.05, 0) is 52.9 Å². The fourth-order valence-corrected chi connectivity index (χ4v) is 3.47. The van der Waals surface area contributed by atoms with E-state index in [-0.39, 0.29) is 28.6 Å². The maximum atomic E-state index is 12.2. The van der Waals surface area contributed by atoms with Crippen LogP contribution < -0.4 is 0 Å². The number of hydrogen-bond donors (Lipinski definition) is 1. The highest BCUT2D eigenvalue weighted by atomic mass is 35.5. The van der Waals surface area contributed by atoms with Gasteiger partial charge in [0.1, 0.15) is 16.3 Å². The summed E-state index contributed by atoms with van der Waals surface area (Å²) in [5.41, 5.74) is 0.112. The average molecular weight is 357 g/mol. The number of carbonyl (C=O) groups excluding carboxylic acids is 1. The highest BCUT2D eigenvalue weighted by Crippen LogP contribution is 2.36. The number of aromatic carboxylic acids is 1. The number of carbonyl (C=O) groups is 2. The molecule has 0 spiro atoms. The number of aromatic nitrogens is 2. The smallest absolute Gasteiger partial charge is 0.340 e. The fourth-order valence-electron chi connectivity index (χ4n) is 3.10. The monoisotopic (exact) mass is 356 g/mol. The van der Waals surface area contributed by atoms with Gasteiger partial charge in [0.05, 0.1) is 17.7 Å². The van der Waals surface area contributed by atoms with E-state index >= 15 is 0 Å². The van der Waals surface area contributed by atoms with Crippen LogP contribution >= 0.6 is 11.6 Å². The zero-order valence-electron chi connectivity index (χ0n) is 14.6. The standard InChI is InChI=1S/C17H25ClN2O4/c1-5-12-13(15(21)22)14(18)20(19-12)11-8-6-10(7-9-11)16(23)24-17(2,3)4/h10-11H,5-9H2,1-4H3,(H,21,22). The molecule has 6 nitrogen and oxygen atoms in total. The molecule has 0 amide bonds. The number of aryl methyl sites for hydroxylation is 1. The predicted molar refractivity (Wildman–Crippen MR) is 90.4 cm³/mol. The van der Waals surface area contributed by atoms with Gasteiger partial charge in [-0.1, -0.05) is 18.5 Å². The Morgan fingerprint density at radius 1 is 1.29 bits per heavy atom. The van der Waals surface area contributed by atoms with E-state index in [0.717, 1.165) is 12.8 Å². The zero-order valence-corrected chi connectivity index (χ0v) is 15.4. The number of rotatable bonds is 4. The van der Waals surface area contributed by atoms with Gasteiger partial charge in [0.25, 0.3) is 0 Å². The second kappa shape index (κ2) is 7.13. The molecule has 1 heterocycles. The van der Waals surface area contributed by atoms with Crippen molar-refractivity contribution in [2.75, 3.05) is 0 Å². The van der Waals surface area contributed by atoms with Crippen molar-refractivity contribution in [2.45, 2.75) is 71.4 Å². The van der Waals surface area contributed by atoms with E-state index in [9.17, 15) is 14.7 Å². The van der Waals surface area contributed by atoms with E-state index in [1.165, 1.54) is 0 Å². The maximum absolute atomic E-state index is 12.2. The van der Waals surface area contributed by atoms with Crippen molar-refractivity contribution in [2.24, 2.45) is 5.92 Å². The summed E-state index contributed by atoms with van der Waals surface area (Å²) in [6.45, 7) is 7.44. The summed E-state index contributed by atoms with van der Waals surface area (Å²) in [5.74, 6) is -1.32.